The van der Waals surface area contributed by atoms with Crippen molar-refractivity contribution in [1.82, 2.24) is 4.98 Å². The van der Waals surface area contributed by atoms with E-state index in [0.29, 0.717) is 10.5 Å². The van der Waals surface area contributed by atoms with Crippen LogP contribution in [0.1, 0.15) is 26.4 Å². The number of hydrogen-bond acceptors (Lipinski definition) is 4. The van der Waals surface area contributed by atoms with Gasteiger partial charge in [-0.15, -0.1) is 11.8 Å². The molecule has 0 aliphatic rings. The number of carboxylic acid groups (broad SMARTS) is 1. The molecule has 0 radical (unpaired) electrons. The average molecular weight is 306 g/mol. The number of nitrogens with zero attached hydrogens (tertiary/aromatic N) is 1. The van der Waals surface area contributed by atoms with Gasteiger partial charge in [0.25, 0.3) is 0 Å². The van der Waals surface area contributed by atoms with Gasteiger partial charge in [-0.2, -0.15) is 0 Å². The topological polar surface area (TPSA) is 93.3 Å². The van der Waals surface area contributed by atoms with Crippen molar-refractivity contribution in [3.05, 3.63) is 59.2 Å². The molecule has 7 heteroatoms. The fraction of sp³-hybridized carbons (Fsp3) is 0.0714. The zero-order valence-electron chi connectivity index (χ0n) is 10.7. The molecular weight excluding hydrogens is 295 g/mol. The maximum atomic E-state index is 13.7. The SMILES string of the molecule is NC(=O)c1ccc(F)c(CSc2ccnc(C(=O)O)c2)c1. The van der Waals surface area contributed by atoms with E-state index in [0.717, 1.165) is 0 Å². The minimum absolute atomic E-state index is 0.0774. The summed E-state index contributed by atoms with van der Waals surface area (Å²) in [5.74, 6) is -1.95. The standard InChI is InChI=1S/C14H11FN2O3S/c15-11-2-1-8(13(16)18)5-9(11)7-21-10-3-4-17-12(6-10)14(19)20/h1-6H,7H2,(H2,16,18)(H,19,20). The van der Waals surface area contributed by atoms with Gasteiger partial charge in [-0.25, -0.2) is 14.2 Å². The molecule has 0 unspecified atom stereocenters. The lowest BCUT2D eigenvalue weighted by molar-refractivity contribution is 0.0690. The summed E-state index contributed by atoms with van der Waals surface area (Å²) in [6.45, 7) is 0. The number of pyridine rings is 1. The monoisotopic (exact) mass is 306 g/mol. The van der Waals surface area contributed by atoms with E-state index in [4.69, 9.17) is 10.8 Å². The van der Waals surface area contributed by atoms with E-state index in [9.17, 15) is 14.0 Å². The minimum atomic E-state index is -1.13. The zero-order valence-corrected chi connectivity index (χ0v) is 11.6. The number of halogens is 1. The van der Waals surface area contributed by atoms with Gasteiger partial charge < -0.3 is 10.8 Å². The van der Waals surface area contributed by atoms with Crippen molar-refractivity contribution in [3.8, 4) is 0 Å². The van der Waals surface area contributed by atoms with Crippen LogP contribution in [0.2, 0.25) is 0 Å². The number of primary amides is 1. The molecule has 108 valence electrons. The van der Waals surface area contributed by atoms with Crippen molar-refractivity contribution in [1.29, 1.82) is 0 Å². The van der Waals surface area contributed by atoms with E-state index >= 15 is 0 Å². The van der Waals surface area contributed by atoms with Crippen molar-refractivity contribution in [2.45, 2.75) is 10.6 Å². The summed E-state index contributed by atoms with van der Waals surface area (Å²) in [5.41, 5.74) is 5.63. The van der Waals surface area contributed by atoms with E-state index in [-0.39, 0.29) is 17.0 Å². The molecule has 0 aliphatic carbocycles. The molecule has 2 rings (SSSR count). The quantitative estimate of drug-likeness (QED) is 0.827. The number of hydrogen-bond donors (Lipinski definition) is 2. The molecule has 0 fully saturated rings. The van der Waals surface area contributed by atoms with Crippen LogP contribution >= 0.6 is 11.8 Å². The Morgan fingerprint density at radius 1 is 1.29 bits per heavy atom. The number of benzene rings is 1. The van der Waals surface area contributed by atoms with Crippen LogP contribution in [0.3, 0.4) is 0 Å². The second-order valence-corrected chi connectivity index (χ2v) is 5.19. The van der Waals surface area contributed by atoms with Crippen LogP contribution in [0.5, 0.6) is 0 Å². The molecule has 1 amide bonds. The van der Waals surface area contributed by atoms with E-state index in [1.807, 2.05) is 0 Å². The molecule has 3 N–H and O–H groups in total. The van der Waals surface area contributed by atoms with Gasteiger partial charge in [0.2, 0.25) is 5.91 Å². The third-order valence-corrected chi connectivity index (χ3v) is 3.72. The molecule has 0 spiro atoms. The first-order chi connectivity index (χ1) is 9.97. The second kappa shape index (κ2) is 6.36. The molecule has 1 aromatic carbocycles. The molecule has 0 saturated carbocycles. The summed E-state index contributed by atoms with van der Waals surface area (Å²) < 4.78 is 13.7. The summed E-state index contributed by atoms with van der Waals surface area (Å²) in [7, 11) is 0. The summed E-state index contributed by atoms with van der Waals surface area (Å²) in [6, 6.07) is 6.94. The Morgan fingerprint density at radius 3 is 2.71 bits per heavy atom. The van der Waals surface area contributed by atoms with Gasteiger partial charge >= 0.3 is 5.97 Å². The summed E-state index contributed by atoms with van der Waals surface area (Å²) in [6.07, 6.45) is 1.38. The predicted octanol–water partition coefficient (Wildman–Crippen LogP) is 2.31. The van der Waals surface area contributed by atoms with Crippen LogP contribution in [0.25, 0.3) is 0 Å². The second-order valence-electron chi connectivity index (χ2n) is 4.14. The van der Waals surface area contributed by atoms with Crippen molar-refractivity contribution >= 4 is 23.6 Å². The van der Waals surface area contributed by atoms with Crippen LogP contribution in [0, 0.1) is 5.82 Å². The first-order valence-corrected chi connectivity index (χ1v) is 6.86. The fourth-order valence-electron chi connectivity index (χ4n) is 1.62. The minimum Gasteiger partial charge on any atom is -0.477 e. The van der Waals surface area contributed by atoms with Crippen LogP contribution in [-0.4, -0.2) is 22.0 Å². The summed E-state index contributed by atoms with van der Waals surface area (Å²) in [4.78, 5) is 26.2. The van der Waals surface area contributed by atoms with E-state index in [1.54, 1.807) is 6.07 Å². The van der Waals surface area contributed by atoms with E-state index in [2.05, 4.69) is 4.98 Å². The summed E-state index contributed by atoms with van der Waals surface area (Å²) in [5, 5.41) is 8.85. The molecule has 2 aromatic rings. The van der Waals surface area contributed by atoms with Crippen LogP contribution in [-0.2, 0) is 5.75 Å². The molecule has 1 heterocycles. The highest BCUT2D eigenvalue weighted by Crippen LogP contribution is 2.25. The van der Waals surface area contributed by atoms with Gasteiger partial charge in [0.15, 0.2) is 0 Å². The third kappa shape index (κ3) is 3.79. The third-order valence-electron chi connectivity index (χ3n) is 2.68. The lowest BCUT2D eigenvalue weighted by atomic mass is 10.1. The number of aromatic carboxylic acids is 1. The number of thioether (sulfide) groups is 1. The molecule has 5 nitrogen and oxygen atoms in total. The number of nitrogens with two attached hydrogens (primary N) is 1. The number of rotatable bonds is 5. The first-order valence-electron chi connectivity index (χ1n) is 5.88. The number of carboxylic acids is 1. The Labute approximate surface area is 124 Å². The first kappa shape index (κ1) is 15.0. The number of carbonyl (C=O) groups is 2. The Balaban J connectivity index is 2.16. The van der Waals surface area contributed by atoms with Crippen LogP contribution in [0.15, 0.2) is 41.4 Å². The van der Waals surface area contributed by atoms with Gasteiger partial charge in [0.1, 0.15) is 11.5 Å². The van der Waals surface area contributed by atoms with Gasteiger partial charge in [-0.3, -0.25) is 4.79 Å². The lowest BCUT2D eigenvalue weighted by Crippen LogP contribution is -2.11. The van der Waals surface area contributed by atoms with Crippen molar-refractivity contribution < 1.29 is 19.1 Å². The molecule has 0 atom stereocenters. The molecule has 0 aliphatic heterocycles. The van der Waals surface area contributed by atoms with E-state index < -0.39 is 17.7 Å². The fourth-order valence-corrected chi connectivity index (χ4v) is 2.51. The number of amides is 1. The molecule has 21 heavy (non-hydrogen) atoms. The highest BCUT2D eigenvalue weighted by Gasteiger charge is 2.09. The normalized spacial score (nSPS) is 10.3. The van der Waals surface area contributed by atoms with Crippen molar-refractivity contribution in [3.63, 3.8) is 0 Å². The molecule has 1 aromatic heterocycles. The van der Waals surface area contributed by atoms with Crippen LogP contribution in [0.4, 0.5) is 4.39 Å². The maximum absolute atomic E-state index is 13.7. The average Bonchev–Trinajstić information content (AvgIpc) is 2.46. The predicted molar refractivity (Wildman–Crippen MR) is 75.7 cm³/mol. The van der Waals surface area contributed by atoms with Gasteiger partial charge in [0.05, 0.1) is 0 Å². The van der Waals surface area contributed by atoms with E-state index in [1.165, 1.54) is 42.2 Å². The maximum Gasteiger partial charge on any atom is 0.354 e. The molecule has 0 saturated heterocycles. The van der Waals surface area contributed by atoms with Gasteiger partial charge in [-0.05, 0) is 35.9 Å². The highest BCUT2D eigenvalue weighted by atomic mass is 32.2. The summed E-state index contributed by atoms with van der Waals surface area (Å²) >= 11 is 1.24. The highest BCUT2D eigenvalue weighted by molar-refractivity contribution is 7.98. The molecular formula is C14H11FN2O3S. The number of aromatic nitrogens is 1. The molecule has 0 bridgehead atoms. The Morgan fingerprint density at radius 2 is 2.05 bits per heavy atom. The number of carbonyl (C=O) groups excluding carboxylic acids is 1. The van der Waals surface area contributed by atoms with Gasteiger partial charge in [-0.1, -0.05) is 0 Å². The Kier molecular flexibility index (Phi) is 4.54. The van der Waals surface area contributed by atoms with Crippen molar-refractivity contribution in [2.24, 2.45) is 5.73 Å². The van der Waals surface area contributed by atoms with Gasteiger partial charge in [0, 0.05) is 22.4 Å². The zero-order chi connectivity index (χ0) is 15.4. The van der Waals surface area contributed by atoms with Crippen molar-refractivity contribution in [2.75, 3.05) is 0 Å². The largest absolute Gasteiger partial charge is 0.477 e. The Hall–Kier alpha value is -2.41. The smallest absolute Gasteiger partial charge is 0.354 e. The Bertz CT molecular complexity index is 706. The lowest BCUT2D eigenvalue weighted by Gasteiger charge is -2.06. The van der Waals surface area contributed by atoms with Crippen LogP contribution < -0.4 is 5.73 Å².